The summed E-state index contributed by atoms with van der Waals surface area (Å²) in [6.45, 7) is 1.30. The highest BCUT2D eigenvalue weighted by Crippen LogP contribution is 2.59. The third-order valence-corrected chi connectivity index (χ3v) is 7.63. The van der Waals surface area contributed by atoms with Gasteiger partial charge in [-0.05, 0) is 13.3 Å². The maximum absolute atomic E-state index is 13.4. The number of nitrogen functional groups attached to an aromatic ring is 2. The van der Waals surface area contributed by atoms with Crippen molar-refractivity contribution in [3.05, 3.63) is 27.5 Å². The summed E-state index contributed by atoms with van der Waals surface area (Å²) in [6.07, 6.45) is -2.77. The van der Waals surface area contributed by atoms with E-state index < -0.39 is 87.3 Å². The summed E-state index contributed by atoms with van der Waals surface area (Å²) in [6, 6.07) is 0. The first kappa shape index (κ1) is 22.3. The lowest BCUT2D eigenvalue weighted by molar-refractivity contribution is -0.195. The molecule has 1 aromatic carbocycles. The van der Waals surface area contributed by atoms with Crippen LogP contribution in [0.5, 0.6) is 5.75 Å². The first-order chi connectivity index (χ1) is 14.7. The van der Waals surface area contributed by atoms with Gasteiger partial charge in [-0.3, -0.25) is 14.4 Å². The number of benzene rings is 1. The van der Waals surface area contributed by atoms with Crippen molar-refractivity contribution in [3.8, 4) is 5.75 Å². The second-order valence-corrected chi connectivity index (χ2v) is 9.18. The van der Waals surface area contributed by atoms with Gasteiger partial charge in [0, 0.05) is 23.8 Å². The number of aliphatic hydroxyl groups is 4. The SMILES string of the molecule is C[C@]1(O)c2c(N)c(Cl)c(N)c(O)c2C(=O)C2C(O)[C@]3(O)C(O)=C(C(N)=O)C(=O)CC3CC21. The molecule has 32 heavy (non-hydrogen) atoms. The number of amides is 1. The zero-order valence-corrected chi connectivity index (χ0v) is 17.6. The molecule has 6 atom stereocenters. The van der Waals surface area contributed by atoms with Gasteiger partial charge >= 0.3 is 0 Å². The Kier molecular flexibility index (Phi) is 4.59. The molecule has 0 aliphatic heterocycles. The molecular weight excluding hydrogens is 446 g/mol. The number of halogens is 1. The van der Waals surface area contributed by atoms with E-state index >= 15 is 0 Å². The molecule has 3 aliphatic carbocycles. The van der Waals surface area contributed by atoms with Gasteiger partial charge in [0.25, 0.3) is 5.91 Å². The number of phenolic OH excluding ortho intramolecular Hbond substituents is 1. The predicted octanol–water partition coefficient (Wildman–Crippen LogP) is -0.772. The quantitative estimate of drug-likeness (QED) is 0.111. The van der Waals surface area contributed by atoms with Crippen LogP contribution in [0.25, 0.3) is 0 Å². The van der Waals surface area contributed by atoms with Crippen LogP contribution in [-0.4, -0.2) is 54.7 Å². The number of aliphatic hydroxyl groups excluding tert-OH is 2. The van der Waals surface area contributed by atoms with E-state index in [-0.39, 0.29) is 22.7 Å². The Bertz CT molecular complexity index is 1150. The van der Waals surface area contributed by atoms with Gasteiger partial charge in [-0.15, -0.1) is 0 Å². The van der Waals surface area contributed by atoms with Gasteiger partial charge < -0.3 is 42.7 Å². The molecule has 1 aromatic rings. The van der Waals surface area contributed by atoms with Crippen LogP contribution in [0.1, 0.15) is 35.7 Å². The second kappa shape index (κ2) is 6.58. The number of hydrogen-bond acceptors (Lipinski definition) is 10. The predicted molar refractivity (Wildman–Crippen MR) is 110 cm³/mol. The summed E-state index contributed by atoms with van der Waals surface area (Å²) in [5.74, 6) is -8.74. The van der Waals surface area contributed by atoms with Crippen LogP contribution in [0.2, 0.25) is 5.02 Å². The van der Waals surface area contributed by atoms with Gasteiger partial charge in [-0.1, -0.05) is 11.6 Å². The van der Waals surface area contributed by atoms with Crippen molar-refractivity contribution >= 4 is 40.4 Å². The summed E-state index contributed by atoms with van der Waals surface area (Å²) in [5, 5.41) is 54.7. The number of aromatic hydroxyl groups is 1. The number of carbonyl (C=O) groups is 3. The summed E-state index contributed by atoms with van der Waals surface area (Å²) < 4.78 is 0. The first-order valence-electron chi connectivity index (χ1n) is 9.72. The van der Waals surface area contributed by atoms with Gasteiger partial charge in [0.05, 0.1) is 33.5 Å². The molecule has 1 fully saturated rings. The molecule has 12 heteroatoms. The Labute approximate surface area is 186 Å². The van der Waals surface area contributed by atoms with Crippen molar-refractivity contribution in [2.45, 2.75) is 37.1 Å². The fourth-order valence-corrected chi connectivity index (χ4v) is 5.81. The fraction of sp³-hybridized carbons (Fsp3) is 0.450. The molecule has 0 heterocycles. The topological polar surface area (TPSA) is 230 Å². The van der Waals surface area contributed by atoms with Gasteiger partial charge in [0.1, 0.15) is 17.4 Å². The maximum Gasteiger partial charge on any atom is 0.255 e. The van der Waals surface area contributed by atoms with Crippen molar-refractivity contribution in [1.82, 2.24) is 0 Å². The number of hydrogen-bond donors (Lipinski definition) is 8. The van der Waals surface area contributed by atoms with Crippen molar-refractivity contribution in [1.29, 1.82) is 0 Å². The van der Waals surface area contributed by atoms with Crippen molar-refractivity contribution < 1.29 is 39.9 Å². The number of carbonyl (C=O) groups excluding carboxylic acids is 3. The molecule has 4 unspecified atom stereocenters. The third kappa shape index (κ3) is 2.44. The summed E-state index contributed by atoms with van der Waals surface area (Å²) in [4.78, 5) is 37.5. The van der Waals surface area contributed by atoms with Crippen LogP contribution in [0.4, 0.5) is 11.4 Å². The van der Waals surface area contributed by atoms with Crippen molar-refractivity contribution in [3.63, 3.8) is 0 Å². The molecule has 4 rings (SSSR count). The zero-order valence-electron chi connectivity index (χ0n) is 16.8. The Morgan fingerprint density at radius 1 is 1.16 bits per heavy atom. The number of nitrogens with two attached hydrogens (primary N) is 3. The average molecular weight is 468 g/mol. The van der Waals surface area contributed by atoms with Crippen LogP contribution in [-0.2, 0) is 15.2 Å². The van der Waals surface area contributed by atoms with Gasteiger partial charge in [-0.25, -0.2) is 0 Å². The van der Waals surface area contributed by atoms with Crippen LogP contribution in [0.15, 0.2) is 11.3 Å². The van der Waals surface area contributed by atoms with E-state index in [1.807, 2.05) is 0 Å². The minimum Gasteiger partial charge on any atom is -0.508 e. The van der Waals surface area contributed by atoms with Crippen molar-refractivity contribution in [2.24, 2.45) is 23.5 Å². The molecule has 11 N–H and O–H groups in total. The molecule has 0 spiro atoms. The Balaban J connectivity index is 1.98. The van der Waals surface area contributed by atoms with Gasteiger partial charge in [-0.2, -0.15) is 0 Å². The summed E-state index contributed by atoms with van der Waals surface area (Å²) in [7, 11) is 0. The number of anilines is 2. The van der Waals surface area contributed by atoms with Crippen molar-refractivity contribution in [2.75, 3.05) is 11.5 Å². The van der Waals surface area contributed by atoms with Crippen LogP contribution in [0.3, 0.4) is 0 Å². The highest BCUT2D eigenvalue weighted by Gasteiger charge is 2.66. The standard InChI is InChI=1S/C20H22ClN3O8/c1-19(31)5-2-4-3-6(25)8(18(24)30)17(29)20(4,32)16(28)7(5)14(26)9-10(19)12(22)11(21)13(23)15(9)27/h4-5,7,16,27-29,31-32H,2-3,22-23H2,1H3,(H2,24,30)/t4?,5?,7?,16?,19-,20+/m1/s1. The average Bonchev–Trinajstić information content (AvgIpc) is 2.69. The zero-order chi connectivity index (χ0) is 24.1. The lowest BCUT2D eigenvalue weighted by Gasteiger charge is -2.56. The fourth-order valence-electron chi connectivity index (χ4n) is 5.62. The van der Waals surface area contributed by atoms with Crippen LogP contribution in [0, 0.1) is 17.8 Å². The van der Waals surface area contributed by atoms with E-state index in [9.17, 15) is 39.9 Å². The highest BCUT2D eigenvalue weighted by molar-refractivity contribution is 6.36. The second-order valence-electron chi connectivity index (χ2n) is 8.80. The monoisotopic (exact) mass is 467 g/mol. The Morgan fingerprint density at radius 3 is 2.31 bits per heavy atom. The molecule has 0 radical (unpaired) electrons. The van der Waals surface area contributed by atoms with Gasteiger partial charge in [0.2, 0.25) is 0 Å². The highest BCUT2D eigenvalue weighted by atomic mass is 35.5. The number of ketones is 2. The Morgan fingerprint density at radius 2 is 1.75 bits per heavy atom. The van der Waals surface area contributed by atoms with Crippen LogP contribution >= 0.6 is 11.6 Å². The lowest BCUT2D eigenvalue weighted by atomic mass is 9.51. The molecular formula is C20H22ClN3O8. The molecule has 1 saturated carbocycles. The largest absolute Gasteiger partial charge is 0.508 e. The van der Waals surface area contributed by atoms with Gasteiger partial charge in [0.15, 0.2) is 22.9 Å². The number of primary amides is 1. The van der Waals surface area contributed by atoms with E-state index in [0.717, 1.165) is 0 Å². The van der Waals surface area contributed by atoms with Crippen LogP contribution < -0.4 is 17.2 Å². The minimum absolute atomic E-state index is 0.183. The number of fused-ring (bicyclic) bond motifs is 3. The number of phenols is 1. The van der Waals surface area contributed by atoms with E-state index in [1.54, 1.807) is 0 Å². The molecule has 172 valence electrons. The normalized spacial score (nSPS) is 36.4. The lowest BCUT2D eigenvalue weighted by Crippen LogP contribution is -2.67. The number of rotatable bonds is 1. The Hall–Kier alpha value is -2.86. The molecule has 1 amide bonds. The number of Topliss-reactive ketones (excluding diaryl/α,β-unsaturated/α-hetero) is 2. The molecule has 0 saturated heterocycles. The van der Waals surface area contributed by atoms with E-state index in [0.29, 0.717) is 0 Å². The molecule has 11 nitrogen and oxygen atoms in total. The summed E-state index contributed by atoms with van der Waals surface area (Å²) in [5.41, 5.74) is 10.2. The molecule has 3 aliphatic rings. The molecule has 0 bridgehead atoms. The minimum atomic E-state index is -2.57. The van der Waals surface area contributed by atoms with E-state index in [4.69, 9.17) is 28.8 Å². The van der Waals surface area contributed by atoms with E-state index in [2.05, 4.69) is 0 Å². The summed E-state index contributed by atoms with van der Waals surface area (Å²) >= 11 is 6.07. The third-order valence-electron chi connectivity index (χ3n) is 7.22. The maximum atomic E-state index is 13.4. The first-order valence-corrected chi connectivity index (χ1v) is 10.1. The van der Waals surface area contributed by atoms with E-state index in [1.165, 1.54) is 6.92 Å². The molecule has 0 aromatic heterocycles. The smallest absolute Gasteiger partial charge is 0.255 e.